The second-order valence-electron chi connectivity index (χ2n) is 15.3. The summed E-state index contributed by atoms with van der Waals surface area (Å²) in [6.07, 6.45) is 3.60. The molecule has 3 aliphatic heterocycles. The molecule has 5 N–H and O–H groups in total. The number of ether oxygens (including phenoxy) is 5. The average Bonchev–Trinajstić information content (AvgIpc) is 3.45. The molecule has 0 spiro atoms. The van der Waals surface area contributed by atoms with Crippen molar-refractivity contribution in [2.24, 2.45) is 23.7 Å². The van der Waals surface area contributed by atoms with Crippen molar-refractivity contribution in [3.8, 4) is 23.0 Å². The first-order chi connectivity index (χ1) is 27.2. The number of fused-ring (bicyclic) bond motifs is 14. The van der Waals surface area contributed by atoms with Gasteiger partial charge >= 0.3 is 11.8 Å². The van der Waals surface area contributed by atoms with Crippen molar-refractivity contribution in [3.63, 3.8) is 0 Å². The Kier molecular flexibility index (Phi) is 14.6. The summed E-state index contributed by atoms with van der Waals surface area (Å²) in [7, 11) is 1.44. The summed E-state index contributed by atoms with van der Waals surface area (Å²) in [5.74, 6) is -8.01. The van der Waals surface area contributed by atoms with Gasteiger partial charge in [0.2, 0.25) is 0 Å². The molecule has 5 rings (SSSR count). The number of ketones is 1. The van der Waals surface area contributed by atoms with Gasteiger partial charge in [-0.25, -0.2) is 0 Å². The first-order valence-electron chi connectivity index (χ1n) is 19.5. The standard InChI is InChI=1S/C43H58N2O13/c1-12-45(13-2)31(47)20-55-30-19-28-38(51)33-32(30)34-40(26(8)37(33)50)58-43(10,41(34)52)56-18-17-29(54-11)23(5)39(57-27(9)46)25(7)36(49)24(6)35(48)21(3)15-14-16-22(4)42(53)44-28/h14-19,21,23-25,29,35-36,39,48-51H,12-13,20H2,1-11H3,(H,44,53)/b15-14-,18-17-,22-16-. The third kappa shape index (κ3) is 9.11. The number of esters is 1. The molecule has 0 aliphatic carbocycles. The van der Waals surface area contributed by atoms with Gasteiger partial charge < -0.3 is 54.3 Å². The highest BCUT2D eigenvalue weighted by atomic mass is 16.7. The van der Waals surface area contributed by atoms with Gasteiger partial charge in [0.05, 0.1) is 41.2 Å². The van der Waals surface area contributed by atoms with E-state index >= 15 is 0 Å². The number of Topliss-reactive ketones (excluding diaryl/α,β-unsaturated/α-hetero) is 1. The zero-order valence-electron chi connectivity index (χ0n) is 35.1. The minimum absolute atomic E-state index is 0.0574. The Morgan fingerprint density at radius 1 is 0.948 bits per heavy atom. The molecule has 9 atom stereocenters. The molecule has 5 bridgehead atoms. The summed E-state index contributed by atoms with van der Waals surface area (Å²) in [5.41, 5.74) is -0.00860. The number of methoxy groups -OCH3 is 1. The van der Waals surface area contributed by atoms with Crippen LogP contribution in [-0.2, 0) is 28.6 Å². The molecule has 0 saturated heterocycles. The first kappa shape index (κ1) is 45.6. The number of aromatic hydroxyl groups is 2. The van der Waals surface area contributed by atoms with Gasteiger partial charge in [0, 0.05) is 80.3 Å². The molecular weight excluding hydrogens is 752 g/mol. The number of anilines is 1. The van der Waals surface area contributed by atoms with Crippen LogP contribution in [0.25, 0.3) is 10.8 Å². The van der Waals surface area contributed by atoms with E-state index in [0.717, 1.165) is 0 Å². The molecule has 15 heteroatoms. The minimum atomic E-state index is -2.02. The Bertz CT molecular complexity index is 1990. The fraction of sp³-hybridized carbons (Fsp3) is 0.535. The largest absolute Gasteiger partial charge is 0.507 e. The van der Waals surface area contributed by atoms with E-state index in [4.69, 9.17) is 23.7 Å². The van der Waals surface area contributed by atoms with Gasteiger partial charge in [0.1, 0.15) is 23.4 Å². The minimum Gasteiger partial charge on any atom is -0.507 e. The normalized spacial score (nSPS) is 30.1. The number of carbonyl (C=O) groups excluding carboxylic acids is 4. The quantitative estimate of drug-likeness (QED) is 0.178. The SMILES string of the molecule is CCN(CC)C(=O)COc1cc2c(O)c3c(O)c(C)c4c(c13)C(=O)C(C)(O/C=C\C(OC)C(C)C(OC(C)=O)C(C)C(O)C(C)C(O)C(C)/C=C\C=C(\C)C(=O)N2)O4. The molecule has 0 aromatic heterocycles. The molecule has 0 saturated carbocycles. The third-order valence-electron chi connectivity index (χ3n) is 11.3. The van der Waals surface area contributed by atoms with Crippen LogP contribution >= 0.6 is 0 Å². The topological polar surface area (TPSA) is 211 Å². The summed E-state index contributed by atoms with van der Waals surface area (Å²) < 4.78 is 29.7. The number of hydrogen-bond acceptors (Lipinski definition) is 13. The van der Waals surface area contributed by atoms with Crippen LogP contribution in [0.3, 0.4) is 0 Å². The molecule has 3 aliphatic rings. The van der Waals surface area contributed by atoms with E-state index in [2.05, 4.69) is 5.32 Å². The van der Waals surface area contributed by atoms with Crippen molar-refractivity contribution in [1.29, 1.82) is 0 Å². The van der Waals surface area contributed by atoms with Crippen LogP contribution in [0.5, 0.6) is 23.0 Å². The fourth-order valence-electron chi connectivity index (χ4n) is 7.56. The Hall–Kier alpha value is -5.12. The number of aliphatic hydroxyl groups is 2. The Balaban J connectivity index is 1.94. The number of rotatable bonds is 7. The van der Waals surface area contributed by atoms with E-state index in [1.165, 1.54) is 59.3 Å². The van der Waals surface area contributed by atoms with Crippen molar-refractivity contribution < 1.29 is 63.3 Å². The summed E-state index contributed by atoms with van der Waals surface area (Å²) in [6.45, 7) is 16.5. The van der Waals surface area contributed by atoms with Crippen LogP contribution in [-0.4, -0.2) is 106 Å². The number of aliphatic hydroxyl groups excluding tert-OH is 2. The molecule has 2 aromatic carbocycles. The van der Waals surface area contributed by atoms with E-state index in [-0.39, 0.29) is 50.6 Å². The van der Waals surface area contributed by atoms with E-state index in [0.29, 0.717) is 13.1 Å². The number of phenolic OH excluding ortho intramolecular Hbond substituents is 2. The molecule has 3 heterocycles. The molecule has 2 amide bonds. The second-order valence-corrected chi connectivity index (χ2v) is 15.3. The summed E-state index contributed by atoms with van der Waals surface area (Å²) in [6, 6.07) is 1.27. The second kappa shape index (κ2) is 18.6. The molecule has 0 radical (unpaired) electrons. The van der Waals surface area contributed by atoms with Crippen molar-refractivity contribution in [3.05, 3.63) is 53.3 Å². The zero-order chi connectivity index (χ0) is 43.4. The van der Waals surface area contributed by atoms with Crippen LogP contribution in [0.2, 0.25) is 0 Å². The van der Waals surface area contributed by atoms with E-state index in [1.807, 2.05) is 13.8 Å². The van der Waals surface area contributed by atoms with Gasteiger partial charge in [0.25, 0.3) is 17.6 Å². The van der Waals surface area contributed by atoms with Crippen LogP contribution in [0.1, 0.15) is 78.2 Å². The third-order valence-corrected chi connectivity index (χ3v) is 11.3. The molecule has 15 nitrogen and oxygen atoms in total. The van der Waals surface area contributed by atoms with Gasteiger partial charge in [-0.15, -0.1) is 0 Å². The van der Waals surface area contributed by atoms with E-state index < -0.39 is 89.6 Å². The smallest absolute Gasteiger partial charge is 0.312 e. The van der Waals surface area contributed by atoms with Crippen molar-refractivity contribution in [1.82, 2.24) is 4.90 Å². The number of nitrogens with one attached hydrogen (secondary N) is 1. The highest BCUT2D eigenvalue weighted by Gasteiger charge is 2.49. The summed E-state index contributed by atoms with van der Waals surface area (Å²) >= 11 is 0. The number of likely N-dealkylation sites (N-methyl/N-ethyl adjacent to an activating group) is 1. The molecule has 2 aromatic rings. The lowest BCUT2D eigenvalue weighted by Gasteiger charge is -2.38. The lowest BCUT2D eigenvalue weighted by molar-refractivity contribution is -0.160. The van der Waals surface area contributed by atoms with Crippen LogP contribution in [0.15, 0.2) is 42.2 Å². The molecule has 0 fully saturated rings. The summed E-state index contributed by atoms with van der Waals surface area (Å²) in [5, 5.41) is 48.4. The lowest BCUT2D eigenvalue weighted by atomic mass is 9.78. The maximum absolute atomic E-state index is 14.4. The first-order valence-corrected chi connectivity index (χ1v) is 19.5. The Morgan fingerprint density at radius 2 is 1.60 bits per heavy atom. The Morgan fingerprint density at radius 3 is 2.21 bits per heavy atom. The summed E-state index contributed by atoms with van der Waals surface area (Å²) in [4.78, 5) is 54.9. The van der Waals surface area contributed by atoms with Gasteiger partial charge in [-0.05, 0) is 33.8 Å². The Labute approximate surface area is 339 Å². The van der Waals surface area contributed by atoms with Crippen molar-refractivity contribution >= 4 is 40.0 Å². The average molecular weight is 811 g/mol. The van der Waals surface area contributed by atoms with Crippen LogP contribution < -0.4 is 14.8 Å². The van der Waals surface area contributed by atoms with E-state index in [9.17, 15) is 39.6 Å². The number of amides is 2. The number of hydrogen-bond donors (Lipinski definition) is 5. The zero-order valence-corrected chi connectivity index (χ0v) is 35.1. The number of phenols is 2. The maximum atomic E-state index is 14.4. The molecule has 318 valence electrons. The highest BCUT2D eigenvalue weighted by Crippen LogP contribution is 2.54. The molecule has 58 heavy (non-hydrogen) atoms. The lowest BCUT2D eigenvalue weighted by Crippen LogP contribution is -2.46. The van der Waals surface area contributed by atoms with Crippen molar-refractivity contribution in [2.45, 2.75) is 99.4 Å². The predicted molar refractivity (Wildman–Crippen MR) is 216 cm³/mol. The van der Waals surface area contributed by atoms with Gasteiger partial charge in [-0.2, -0.15) is 0 Å². The predicted octanol–water partition coefficient (Wildman–Crippen LogP) is 5.30. The monoisotopic (exact) mass is 810 g/mol. The fourth-order valence-corrected chi connectivity index (χ4v) is 7.56. The maximum Gasteiger partial charge on any atom is 0.312 e. The molecular formula is C43H58N2O13. The van der Waals surface area contributed by atoms with Crippen molar-refractivity contribution in [2.75, 3.05) is 32.1 Å². The van der Waals surface area contributed by atoms with Gasteiger partial charge in [-0.3, -0.25) is 19.2 Å². The van der Waals surface area contributed by atoms with Gasteiger partial charge in [0.15, 0.2) is 12.4 Å². The van der Waals surface area contributed by atoms with Crippen LogP contribution in [0, 0.1) is 30.6 Å². The highest BCUT2D eigenvalue weighted by molar-refractivity contribution is 6.21. The van der Waals surface area contributed by atoms with Gasteiger partial charge in [-0.1, -0.05) is 45.9 Å². The number of allylic oxidation sites excluding steroid dienone is 2. The molecule has 9 unspecified atom stereocenters. The van der Waals surface area contributed by atoms with E-state index in [1.54, 1.807) is 44.7 Å². The van der Waals surface area contributed by atoms with Crippen LogP contribution in [0.4, 0.5) is 5.69 Å². The number of nitrogens with zero attached hydrogens (tertiary/aromatic N) is 1. The number of carbonyl (C=O) groups is 4. The number of benzene rings is 2.